The lowest BCUT2D eigenvalue weighted by atomic mass is 10.0. The summed E-state index contributed by atoms with van der Waals surface area (Å²) in [5.41, 5.74) is 0. The minimum Gasteiger partial charge on any atom is -0.466 e. The average molecular weight is 1230 g/mol. The van der Waals surface area contributed by atoms with E-state index in [0.717, 1.165) is 51.4 Å². The molecular formula is C81H157NO5. The second kappa shape index (κ2) is 76.8. The standard InChI is InChI=1S/C81H157NO5/c1-3-5-7-9-11-13-15-17-19-21-23-24-25-31-34-38-41-45-49-53-57-61-65-69-73-79(84)78(77-83)82-80(85)74-70-66-62-58-54-50-46-42-39-35-32-29-27-26-28-30-33-36-40-44-48-52-56-60-64-68-72-76-87-81(86)75-71-67-63-59-55-51-47-43-37-22-20-18-16-14-12-10-8-6-4-2/h12,14,18,20,78-79,83-84H,3-11,13,15-17,19,21-77H2,1-2H3,(H,82,85)/b14-12-,20-18-. The average Bonchev–Trinajstić information content (AvgIpc) is 3.58. The summed E-state index contributed by atoms with van der Waals surface area (Å²) in [6, 6.07) is -0.541. The molecule has 0 aromatic carbocycles. The Kier molecular flexibility index (Phi) is 75.3. The van der Waals surface area contributed by atoms with Gasteiger partial charge in [0, 0.05) is 12.8 Å². The van der Waals surface area contributed by atoms with Crippen LogP contribution in [0.3, 0.4) is 0 Å². The van der Waals surface area contributed by atoms with Crippen LogP contribution >= 0.6 is 0 Å². The molecule has 0 spiro atoms. The number of amides is 1. The van der Waals surface area contributed by atoms with E-state index in [4.69, 9.17) is 4.74 Å². The Morgan fingerprint density at radius 2 is 0.575 bits per heavy atom. The van der Waals surface area contributed by atoms with Gasteiger partial charge in [-0.2, -0.15) is 0 Å². The van der Waals surface area contributed by atoms with Crippen LogP contribution in [0.1, 0.15) is 457 Å². The predicted molar refractivity (Wildman–Crippen MR) is 384 cm³/mol. The highest BCUT2D eigenvalue weighted by Gasteiger charge is 2.20. The van der Waals surface area contributed by atoms with Crippen molar-refractivity contribution in [3.05, 3.63) is 24.3 Å². The molecule has 0 aromatic heterocycles. The molecule has 516 valence electrons. The van der Waals surface area contributed by atoms with Gasteiger partial charge in [0.25, 0.3) is 0 Å². The van der Waals surface area contributed by atoms with Gasteiger partial charge in [0.2, 0.25) is 5.91 Å². The highest BCUT2D eigenvalue weighted by Crippen LogP contribution is 2.20. The fourth-order valence-corrected chi connectivity index (χ4v) is 12.9. The second-order valence-electron chi connectivity index (χ2n) is 27.8. The molecule has 6 heteroatoms. The number of nitrogens with one attached hydrogen (secondary N) is 1. The fourth-order valence-electron chi connectivity index (χ4n) is 12.9. The van der Waals surface area contributed by atoms with E-state index < -0.39 is 12.1 Å². The number of unbranched alkanes of at least 4 members (excludes halogenated alkanes) is 61. The van der Waals surface area contributed by atoms with Gasteiger partial charge >= 0.3 is 5.97 Å². The van der Waals surface area contributed by atoms with Gasteiger partial charge in [-0.05, 0) is 57.8 Å². The van der Waals surface area contributed by atoms with Crippen molar-refractivity contribution in [2.75, 3.05) is 13.2 Å². The monoisotopic (exact) mass is 1220 g/mol. The SMILES string of the molecule is CCCCC/C=C\C/C=C\CCCCCCCCCCCC(=O)OCCCCCCCCCCCCCCCCCCCCCCCCCCCCCC(=O)NC(CO)C(O)CCCCCCCCCCCCCCCCCCCCCCCCCC. The highest BCUT2D eigenvalue weighted by atomic mass is 16.5. The van der Waals surface area contributed by atoms with Crippen LogP contribution in [0, 0.1) is 0 Å². The molecule has 87 heavy (non-hydrogen) atoms. The van der Waals surface area contributed by atoms with Gasteiger partial charge in [-0.1, -0.05) is 411 Å². The van der Waals surface area contributed by atoms with E-state index in [1.54, 1.807) is 0 Å². The maximum Gasteiger partial charge on any atom is 0.305 e. The molecule has 3 N–H and O–H groups in total. The summed E-state index contributed by atoms with van der Waals surface area (Å²) in [7, 11) is 0. The summed E-state index contributed by atoms with van der Waals surface area (Å²) in [4.78, 5) is 24.7. The Hall–Kier alpha value is -1.66. The first-order chi connectivity index (χ1) is 43.0. The van der Waals surface area contributed by atoms with E-state index in [2.05, 4.69) is 43.5 Å². The molecule has 0 saturated heterocycles. The van der Waals surface area contributed by atoms with Crippen LogP contribution in [0.5, 0.6) is 0 Å². The van der Waals surface area contributed by atoms with Crippen molar-refractivity contribution >= 4 is 11.9 Å². The van der Waals surface area contributed by atoms with Gasteiger partial charge in [0.15, 0.2) is 0 Å². The molecule has 0 aliphatic rings. The van der Waals surface area contributed by atoms with Crippen LogP contribution in [0.2, 0.25) is 0 Å². The minimum atomic E-state index is -0.664. The molecule has 0 radical (unpaired) electrons. The van der Waals surface area contributed by atoms with Gasteiger partial charge < -0.3 is 20.3 Å². The third kappa shape index (κ3) is 73.3. The summed E-state index contributed by atoms with van der Waals surface area (Å²) in [5, 5.41) is 23.5. The van der Waals surface area contributed by atoms with Crippen molar-refractivity contribution in [1.82, 2.24) is 5.32 Å². The fraction of sp³-hybridized carbons (Fsp3) is 0.926. The zero-order chi connectivity index (χ0) is 62.8. The lowest BCUT2D eigenvalue weighted by Gasteiger charge is -2.22. The quantitative estimate of drug-likeness (QED) is 0.0320. The summed E-state index contributed by atoms with van der Waals surface area (Å²) >= 11 is 0. The van der Waals surface area contributed by atoms with E-state index in [-0.39, 0.29) is 18.5 Å². The number of rotatable bonds is 76. The van der Waals surface area contributed by atoms with Crippen molar-refractivity contribution in [2.24, 2.45) is 0 Å². The Labute approximate surface area is 545 Å². The molecular weight excluding hydrogens is 1070 g/mol. The Balaban J connectivity index is 3.34. The summed E-state index contributed by atoms with van der Waals surface area (Å²) in [6.07, 6.45) is 98.4. The van der Waals surface area contributed by atoms with E-state index >= 15 is 0 Å². The maximum absolute atomic E-state index is 12.6. The van der Waals surface area contributed by atoms with E-state index in [9.17, 15) is 19.8 Å². The predicted octanol–water partition coefficient (Wildman–Crippen LogP) is 26.4. The van der Waals surface area contributed by atoms with E-state index in [1.165, 1.54) is 372 Å². The number of hydrogen-bond acceptors (Lipinski definition) is 5. The minimum absolute atomic E-state index is 0.0156. The van der Waals surface area contributed by atoms with Crippen molar-refractivity contribution in [2.45, 2.75) is 469 Å². The lowest BCUT2D eigenvalue weighted by Crippen LogP contribution is -2.45. The summed E-state index contributed by atoms with van der Waals surface area (Å²) in [5.74, 6) is -0.0108. The molecule has 2 atom stereocenters. The largest absolute Gasteiger partial charge is 0.466 e. The third-order valence-electron chi connectivity index (χ3n) is 19.0. The Morgan fingerprint density at radius 1 is 0.322 bits per heavy atom. The first-order valence-corrected chi connectivity index (χ1v) is 40.1. The lowest BCUT2D eigenvalue weighted by molar-refractivity contribution is -0.143. The number of ether oxygens (including phenoxy) is 1. The van der Waals surface area contributed by atoms with Crippen LogP contribution in [-0.4, -0.2) is 47.4 Å². The van der Waals surface area contributed by atoms with E-state index in [1.807, 2.05) is 0 Å². The van der Waals surface area contributed by atoms with Crippen LogP contribution in [0.25, 0.3) is 0 Å². The zero-order valence-electron chi connectivity index (χ0n) is 59.3. The first kappa shape index (κ1) is 85.3. The molecule has 0 aromatic rings. The number of carbonyl (C=O) groups is 2. The van der Waals surface area contributed by atoms with E-state index in [0.29, 0.717) is 25.9 Å². The summed E-state index contributed by atoms with van der Waals surface area (Å²) in [6.45, 7) is 4.98. The number of carbonyl (C=O) groups excluding carboxylic acids is 2. The molecule has 0 aliphatic heterocycles. The van der Waals surface area contributed by atoms with Crippen molar-refractivity contribution < 1.29 is 24.5 Å². The van der Waals surface area contributed by atoms with Crippen molar-refractivity contribution in [3.63, 3.8) is 0 Å². The Bertz CT molecular complexity index is 1360. The van der Waals surface area contributed by atoms with Crippen molar-refractivity contribution in [1.29, 1.82) is 0 Å². The number of aliphatic hydroxyl groups is 2. The number of esters is 1. The molecule has 0 saturated carbocycles. The van der Waals surface area contributed by atoms with Gasteiger partial charge in [0.05, 0.1) is 25.4 Å². The zero-order valence-corrected chi connectivity index (χ0v) is 59.3. The smallest absolute Gasteiger partial charge is 0.305 e. The van der Waals surface area contributed by atoms with Crippen LogP contribution in [0.15, 0.2) is 24.3 Å². The summed E-state index contributed by atoms with van der Waals surface area (Å²) < 4.78 is 5.52. The first-order valence-electron chi connectivity index (χ1n) is 40.1. The van der Waals surface area contributed by atoms with Gasteiger partial charge in [-0.25, -0.2) is 0 Å². The molecule has 0 heterocycles. The number of aliphatic hydroxyl groups excluding tert-OH is 2. The third-order valence-corrected chi connectivity index (χ3v) is 19.0. The van der Waals surface area contributed by atoms with Crippen LogP contribution < -0.4 is 5.32 Å². The topological polar surface area (TPSA) is 95.9 Å². The van der Waals surface area contributed by atoms with Crippen molar-refractivity contribution in [3.8, 4) is 0 Å². The molecule has 0 fully saturated rings. The molecule has 1 amide bonds. The van der Waals surface area contributed by atoms with Crippen LogP contribution in [-0.2, 0) is 14.3 Å². The number of allylic oxidation sites excluding steroid dienone is 4. The molecule has 0 bridgehead atoms. The molecule has 0 rings (SSSR count). The molecule has 0 aliphatic carbocycles. The van der Waals surface area contributed by atoms with Gasteiger partial charge in [-0.3, -0.25) is 9.59 Å². The van der Waals surface area contributed by atoms with Gasteiger partial charge in [0.1, 0.15) is 0 Å². The maximum atomic E-state index is 12.6. The second-order valence-corrected chi connectivity index (χ2v) is 27.8. The van der Waals surface area contributed by atoms with Gasteiger partial charge in [-0.15, -0.1) is 0 Å². The molecule has 2 unspecified atom stereocenters. The number of hydrogen-bond donors (Lipinski definition) is 3. The normalized spacial score (nSPS) is 12.6. The Morgan fingerprint density at radius 3 is 0.897 bits per heavy atom. The van der Waals surface area contributed by atoms with Crippen LogP contribution in [0.4, 0.5) is 0 Å². The molecule has 6 nitrogen and oxygen atoms in total. The highest BCUT2D eigenvalue weighted by molar-refractivity contribution is 5.76.